The van der Waals surface area contributed by atoms with Crippen LogP contribution in [-0.4, -0.2) is 17.6 Å². The van der Waals surface area contributed by atoms with Crippen LogP contribution in [0, 0.1) is 11.3 Å². The van der Waals surface area contributed by atoms with Gasteiger partial charge >= 0.3 is 5.97 Å². The van der Waals surface area contributed by atoms with Gasteiger partial charge in [0, 0.05) is 11.2 Å². The number of nitrogens with zero attached hydrogens (tertiary/aromatic N) is 2. The molecule has 0 N–H and O–H groups in total. The Morgan fingerprint density at radius 1 is 1.44 bits per heavy atom. The van der Waals surface area contributed by atoms with Crippen LogP contribution in [0.5, 0.6) is 0 Å². The van der Waals surface area contributed by atoms with Crippen molar-refractivity contribution >= 4 is 17.6 Å². The Kier molecular flexibility index (Phi) is 3.35. The smallest absolute Gasteiger partial charge is 0.355 e. The molecule has 2 aromatic rings. The molecule has 0 spiro atoms. The molecule has 1 aromatic heterocycles. The second kappa shape index (κ2) is 4.94. The van der Waals surface area contributed by atoms with Crippen LogP contribution in [0.15, 0.2) is 36.5 Å². The van der Waals surface area contributed by atoms with E-state index in [-0.39, 0.29) is 0 Å². The normalized spacial score (nSPS) is 9.83. The van der Waals surface area contributed by atoms with Crippen molar-refractivity contribution in [3.63, 3.8) is 0 Å². The van der Waals surface area contributed by atoms with Crippen molar-refractivity contribution in [3.8, 4) is 11.8 Å². The first-order valence-corrected chi connectivity index (χ1v) is 5.51. The van der Waals surface area contributed by atoms with E-state index in [0.29, 0.717) is 22.0 Å². The summed E-state index contributed by atoms with van der Waals surface area (Å²) in [5.41, 5.74) is 1.34. The first kappa shape index (κ1) is 12.2. The Bertz CT molecular complexity index is 641. The molecule has 0 atom stereocenters. The zero-order valence-corrected chi connectivity index (χ0v) is 10.3. The predicted octanol–water partition coefficient (Wildman–Crippen LogP) is 2.79. The minimum Gasteiger partial charge on any atom is -0.464 e. The van der Waals surface area contributed by atoms with Crippen molar-refractivity contribution in [2.24, 2.45) is 0 Å². The summed E-state index contributed by atoms with van der Waals surface area (Å²) in [5, 5.41) is 9.56. The van der Waals surface area contributed by atoms with E-state index in [1.54, 1.807) is 41.1 Å². The largest absolute Gasteiger partial charge is 0.464 e. The number of esters is 1. The SMILES string of the molecule is COC(=O)c1cccn1-c1ccc(Cl)cc1C#N. The van der Waals surface area contributed by atoms with Crippen LogP contribution in [0.4, 0.5) is 0 Å². The molecule has 1 heterocycles. The molecule has 0 saturated heterocycles. The van der Waals surface area contributed by atoms with Crippen LogP contribution in [0.3, 0.4) is 0 Å². The van der Waals surface area contributed by atoms with E-state index in [2.05, 4.69) is 10.8 Å². The van der Waals surface area contributed by atoms with Gasteiger partial charge in [0.1, 0.15) is 11.8 Å². The summed E-state index contributed by atoms with van der Waals surface area (Å²) in [4.78, 5) is 11.6. The van der Waals surface area contributed by atoms with Crippen molar-refractivity contribution in [1.82, 2.24) is 4.57 Å². The van der Waals surface area contributed by atoms with Gasteiger partial charge in [-0.25, -0.2) is 4.79 Å². The molecule has 2 rings (SSSR count). The second-order valence-electron chi connectivity index (χ2n) is 3.53. The van der Waals surface area contributed by atoms with Crippen LogP contribution >= 0.6 is 11.6 Å². The van der Waals surface area contributed by atoms with Gasteiger partial charge in [-0.1, -0.05) is 11.6 Å². The third-order valence-electron chi connectivity index (χ3n) is 2.48. The third kappa shape index (κ3) is 2.08. The summed E-state index contributed by atoms with van der Waals surface area (Å²) in [6, 6.07) is 10.3. The van der Waals surface area contributed by atoms with Gasteiger partial charge in [0.15, 0.2) is 0 Å². The average Bonchev–Trinajstić information content (AvgIpc) is 2.86. The minimum absolute atomic E-state index is 0.358. The lowest BCUT2D eigenvalue weighted by Crippen LogP contribution is -2.09. The van der Waals surface area contributed by atoms with Crippen molar-refractivity contribution in [2.45, 2.75) is 0 Å². The number of hydrogen-bond acceptors (Lipinski definition) is 3. The molecule has 0 fully saturated rings. The molecular weight excluding hydrogens is 252 g/mol. The number of carbonyl (C=O) groups is 1. The van der Waals surface area contributed by atoms with E-state index in [4.69, 9.17) is 16.9 Å². The number of aromatic nitrogens is 1. The summed E-state index contributed by atoms with van der Waals surface area (Å²) in [6.45, 7) is 0. The van der Waals surface area contributed by atoms with Crippen molar-refractivity contribution in [2.75, 3.05) is 7.11 Å². The molecule has 0 aliphatic heterocycles. The number of methoxy groups -OCH3 is 1. The van der Waals surface area contributed by atoms with Crippen LogP contribution in [-0.2, 0) is 4.74 Å². The lowest BCUT2D eigenvalue weighted by Gasteiger charge is -2.09. The standard InChI is InChI=1S/C13H9ClN2O2/c1-18-13(17)12-3-2-6-16(12)11-5-4-10(14)7-9(11)8-15/h2-7H,1H3. The van der Waals surface area contributed by atoms with Gasteiger partial charge in [0.05, 0.1) is 18.4 Å². The maximum atomic E-state index is 11.6. The number of hydrogen-bond donors (Lipinski definition) is 0. The quantitative estimate of drug-likeness (QED) is 0.780. The summed E-state index contributed by atoms with van der Waals surface area (Å²) in [5.74, 6) is -0.459. The molecule has 0 unspecified atom stereocenters. The van der Waals surface area contributed by atoms with Crippen LogP contribution in [0.2, 0.25) is 5.02 Å². The summed E-state index contributed by atoms with van der Waals surface area (Å²) < 4.78 is 6.28. The predicted molar refractivity (Wildman–Crippen MR) is 66.8 cm³/mol. The molecule has 0 saturated carbocycles. The summed E-state index contributed by atoms with van der Waals surface area (Å²) in [7, 11) is 1.31. The Labute approximate surface area is 109 Å². The fourth-order valence-corrected chi connectivity index (χ4v) is 1.84. The Morgan fingerprint density at radius 2 is 2.22 bits per heavy atom. The lowest BCUT2D eigenvalue weighted by atomic mass is 10.2. The van der Waals surface area contributed by atoms with Crippen LogP contribution in [0.25, 0.3) is 5.69 Å². The molecule has 0 aliphatic rings. The van der Waals surface area contributed by atoms with E-state index in [1.165, 1.54) is 7.11 Å². The number of rotatable bonds is 2. The highest BCUT2D eigenvalue weighted by Crippen LogP contribution is 2.21. The second-order valence-corrected chi connectivity index (χ2v) is 3.96. The topological polar surface area (TPSA) is 55.0 Å². The van der Waals surface area contributed by atoms with Gasteiger partial charge < -0.3 is 9.30 Å². The Balaban J connectivity index is 2.60. The molecular formula is C13H9ClN2O2. The Morgan fingerprint density at radius 3 is 2.89 bits per heavy atom. The average molecular weight is 261 g/mol. The van der Waals surface area contributed by atoms with E-state index < -0.39 is 5.97 Å². The van der Waals surface area contributed by atoms with Gasteiger partial charge in [0.2, 0.25) is 0 Å². The van der Waals surface area contributed by atoms with Gasteiger partial charge in [0.25, 0.3) is 0 Å². The molecule has 18 heavy (non-hydrogen) atoms. The van der Waals surface area contributed by atoms with Gasteiger partial charge in [-0.2, -0.15) is 5.26 Å². The first-order valence-electron chi connectivity index (χ1n) is 5.13. The zero-order valence-electron chi connectivity index (χ0n) is 9.55. The first-order chi connectivity index (χ1) is 8.67. The number of halogens is 1. The highest BCUT2D eigenvalue weighted by Gasteiger charge is 2.14. The van der Waals surface area contributed by atoms with E-state index >= 15 is 0 Å². The minimum atomic E-state index is -0.459. The van der Waals surface area contributed by atoms with Crippen molar-refractivity contribution < 1.29 is 9.53 Å². The third-order valence-corrected chi connectivity index (χ3v) is 2.72. The van der Waals surface area contributed by atoms with Crippen LogP contribution in [0.1, 0.15) is 16.1 Å². The molecule has 1 aromatic carbocycles. The van der Waals surface area contributed by atoms with E-state index in [1.807, 2.05) is 0 Å². The van der Waals surface area contributed by atoms with Gasteiger partial charge in [-0.05, 0) is 30.3 Å². The number of carbonyl (C=O) groups excluding carboxylic acids is 1. The van der Waals surface area contributed by atoms with Gasteiger partial charge in [-0.3, -0.25) is 0 Å². The number of nitriles is 1. The molecule has 0 radical (unpaired) electrons. The van der Waals surface area contributed by atoms with Crippen LogP contribution < -0.4 is 0 Å². The van der Waals surface area contributed by atoms with E-state index in [0.717, 1.165) is 0 Å². The molecule has 4 nitrogen and oxygen atoms in total. The number of ether oxygens (including phenoxy) is 1. The zero-order chi connectivity index (χ0) is 13.1. The van der Waals surface area contributed by atoms with Crippen molar-refractivity contribution in [1.29, 1.82) is 5.26 Å². The number of benzene rings is 1. The maximum Gasteiger partial charge on any atom is 0.355 e. The van der Waals surface area contributed by atoms with Gasteiger partial charge in [-0.15, -0.1) is 0 Å². The highest BCUT2D eigenvalue weighted by molar-refractivity contribution is 6.30. The molecule has 90 valence electrons. The fraction of sp³-hybridized carbons (Fsp3) is 0.0769. The lowest BCUT2D eigenvalue weighted by molar-refractivity contribution is 0.0591. The monoisotopic (exact) mass is 260 g/mol. The Hall–Kier alpha value is -2.25. The van der Waals surface area contributed by atoms with Crippen molar-refractivity contribution in [3.05, 3.63) is 52.8 Å². The summed E-state index contributed by atoms with van der Waals surface area (Å²) in [6.07, 6.45) is 1.69. The molecule has 5 heteroatoms. The maximum absolute atomic E-state index is 11.6. The molecule has 0 aliphatic carbocycles. The van der Waals surface area contributed by atoms with E-state index in [9.17, 15) is 4.79 Å². The summed E-state index contributed by atoms with van der Waals surface area (Å²) >= 11 is 5.83. The molecule has 0 bridgehead atoms. The molecule has 0 amide bonds. The highest BCUT2D eigenvalue weighted by atomic mass is 35.5. The fourth-order valence-electron chi connectivity index (χ4n) is 1.67.